The van der Waals surface area contributed by atoms with E-state index in [0.717, 1.165) is 11.3 Å². The highest BCUT2D eigenvalue weighted by Crippen LogP contribution is 2.45. The van der Waals surface area contributed by atoms with Crippen LogP contribution in [0.15, 0.2) is 42.5 Å². The summed E-state index contributed by atoms with van der Waals surface area (Å²) in [6.45, 7) is 0.834. The van der Waals surface area contributed by atoms with E-state index in [4.69, 9.17) is 4.74 Å². The number of sulfonamides is 1. The van der Waals surface area contributed by atoms with Crippen molar-refractivity contribution in [1.29, 1.82) is 0 Å². The number of nitrogens with one attached hydrogen (secondary N) is 2. The average Bonchev–Trinajstić information content (AvgIpc) is 3.13. The fourth-order valence-electron chi connectivity index (χ4n) is 7.44. The van der Waals surface area contributed by atoms with E-state index in [2.05, 4.69) is 10.6 Å². The number of carbonyl (C=O) groups is 2. The molecule has 3 N–H and O–H groups in total. The molecule has 0 aromatic heterocycles. The van der Waals surface area contributed by atoms with Crippen molar-refractivity contribution in [3.05, 3.63) is 65.2 Å². The number of nitrogens with zero attached hydrogens (tertiary/aromatic N) is 2. The molecule has 5 rings (SSSR count). The number of benzene rings is 2. The third kappa shape index (κ3) is 7.01. The van der Waals surface area contributed by atoms with Crippen molar-refractivity contribution in [3.63, 3.8) is 0 Å². The van der Waals surface area contributed by atoms with Crippen LogP contribution in [0.4, 0.5) is 19.3 Å². The lowest BCUT2D eigenvalue weighted by Gasteiger charge is -2.47. The summed E-state index contributed by atoms with van der Waals surface area (Å²) in [6, 6.07) is 8.60. The maximum Gasteiger partial charge on any atom is 0.407 e. The second-order valence-corrected chi connectivity index (χ2v) is 14.5. The van der Waals surface area contributed by atoms with Gasteiger partial charge in [-0.3, -0.25) is 9.69 Å². The highest BCUT2D eigenvalue weighted by Gasteiger charge is 2.50. The van der Waals surface area contributed by atoms with Crippen molar-refractivity contribution in [3.8, 4) is 0 Å². The van der Waals surface area contributed by atoms with Crippen LogP contribution in [0.3, 0.4) is 0 Å². The molecular weight excluding hydrogens is 606 g/mol. The number of ether oxygens (including phenoxy) is 1. The zero-order chi connectivity index (χ0) is 32.4. The Labute approximate surface area is 263 Å². The lowest BCUT2D eigenvalue weighted by molar-refractivity contribution is -0.124. The van der Waals surface area contributed by atoms with Gasteiger partial charge < -0.3 is 20.5 Å². The summed E-state index contributed by atoms with van der Waals surface area (Å²) in [5.41, 5.74) is 0.0477. The van der Waals surface area contributed by atoms with E-state index in [1.54, 1.807) is 29.6 Å². The van der Waals surface area contributed by atoms with Gasteiger partial charge >= 0.3 is 6.09 Å². The fraction of sp³-hybridized carbons (Fsp3) is 0.562. The minimum absolute atomic E-state index is 0.0650. The second kappa shape index (κ2) is 13.7. The quantitative estimate of drug-likeness (QED) is 0.374. The van der Waals surface area contributed by atoms with Crippen LogP contribution >= 0.6 is 0 Å². The van der Waals surface area contributed by atoms with E-state index in [1.165, 1.54) is 31.3 Å². The number of rotatable bonds is 9. The van der Waals surface area contributed by atoms with Crippen molar-refractivity contribution in [2.24, 2.45) is 0 Å². The summed E-state index contributed by atoms with van der Waals surface area (Å²) in [4.78, 5) is 27.6. The minimum Gasteiger partial charge on any atom is -0.465 e. The van der Waals surface area contributed by atoms with E-state index in [-0.39, 0.29) is 41.6 Å². The number of amides is 2. The summed E-state index contributed by atoms with van der Waals surface area (Å²) >= 11 is 0. The van der Waals surface area contributed by atoms with Crippen LogP contribution in [0.5, 0.6) is 0 Å². The van der Waals surface area contributed by atoms with E-state index in [9.17, 15) is 27.5 Å². The number of fused-ring (bicyclic) bond motifs is 2. The molecule has 2 saturated heterocycles. The summed E-state index contributed by atoms with van der Waals surface area (Å²) in [7, 11) is -0.491. The lowest BCUT2D eigenvalue weighted by Crippen LogP contribution is -2.58. The van der Waals surface area contributed by atoms with Gasteiger partial charge in [-0.15, -0.1) is 0 Å². The van der Waals surface area contributed by atoms with Gasteiger partial charge in [0.1, 0.15) is 17.7 Å². The zero-order valence-electron chi connectivity index (χ0n) is 25.7. The first-order valence-electron chi connectivity index (χ1n) is 15.5. The number of hydrogen-bond acceptors (Lipinski definition) is 6. The van der Waals surface area contributed by atoms with Crippen molar-refractivity contribution in [2.75, 3.05) is 38.3 Å². The van der Waals surface area contributed by atoms with Crippen LogP contribution in [-0.4, -0.2) is 92.0 Å². The summed E-state index contributed by atoms with van der Waals surface area (Å²) < 4.78 is 62.3. The van der Waals surface area contributed by atoms with E-state index in [1.807, 2.05) is 0 Å². The summed E-state index contributed by atoms with van der Waals surface area (Å²) in [5, 5.41) is 16.4. The predicted molar refractivity (Wildman–Crippen MR) is 166 cm³/mol. The Bertz CT molecular complexity index is 1480. The van der Waals surface area contributed by atoms with Gasteiger partial charge in [-0.25, -0.2) is 22.0 Å². The molecular formula is C32H42F2N4O6S. The molecule has 2 aliphatic heterocycles. The normalized spacial score (nSPS) is 28.4. The van der Waals surface area contributed by atoms with Gasteiger partial charge in [-0.2, -0.15) is 4.31 Å². The molecule has 2 bridgehead atoms. The molecule has 0 radical (unpaired) electrons. The fourth-order valence-corrected chi connectivity index (χ4v) is 9.25. The Morgan fingerprint density at radius 3 is 2.53 bits per heavy atom. The molecule has 2 heterocycles. The van der Waals surface area contributed by atoms with E-state index in [0.29, 0.717) is 57.2 Å². The van der Waals surface area contributed by atoms with Crippen molar-refractivity contribution < 1.29 is 36.6 Å². The predicted octanol–water partition coefficient (Wildman–Crippen LogP) is 4.11. The number of piperazine rings is 1. The minimum atomic E-state index is -3.43. The van der Waals surface area contributed by atoms with Crippen LogP contribution in [-0.2, 0) is 31.4 Å². The summed E-state index contributed by atoms with van der Waals surface area (Å²) in [5.74, 6) is -1.55. The molecule has 13 heteroatoms. The van der Waals surface area contributed by atoms with Crippen LogP contribution in [0.2, 0.25) is 0 Å². The number of hydrogen-bond donors (Lipinski definition) is 3. The maximum atomic E-state index is 15.4. The maximum absolute atomic E-state index is 15.4. The molecule has 2 aromatic carbocycles. The third-order valence-electron chi connectivity index (χ3n) is 9.90. The van der Waals surface area contributed by atoms with E-state index >= 15 is 4.39 Å². The van der Waals surface area contributed by atoms with Crippen LogP contribution in [0, 0.1) is 11.6 Å². The number of anilines is 1. The second-order valence-electron chi connectivity index (χ2n) is 12.5. The average molecular weight is 649 g/mol. The first-order chi connectivity index (χ1) is 21.4. The number of halogens is 2. The highest BCUT2D eigenvalue weighted by molar-refractivity contribution is 7.89. The molecule has 4 atom stereocenters. The molecule has 3 fully saturated rings. The van der Waals surface area contributed by atoms with Crippen molar-refractivity contribution >= 4 is 27.7 Å². The van der Waals surface area contributed by atoms with Gasteiger partial charge in [0.2, 0.25) is 15.9 Å². The lowest BCUT2D eigenvalue weighted by atomic mass is 9.63. The molecule has 0 spiro atoms. The largest absolute Gasteiger partial charge is 0.465 e. The molecule has 2 aromatic rings. The molecule has 246 valence electrons. The molecule has 45 heavy (non-hydrogen) atoms. The first kappa shape index (κ1) is 33.2. The Morgan fingerprint density at radius 2 is 1.87 bits per heavy atom. The number of carboxylic acid groups (broad SMARTS) is 1. The first-order valence-corrected chi connectivity index (χ1v) is 17.1. The van der Waals surface area contributed by atoms with Crippen LogP contribution < -0.4 is 10.6 Å². The molecule has 1 unspecified atom stereocenters. The number of likely N-dealkylation sites (N-methyl/N-ethyl adjacent to an activating group) is 1. The Balaban J connectivity index is 1.44. The topological polar surface area (TPSA) is 128 Å². The Morgan fingerprint density at radius 1 is 1.16 bits per heavy atom. The Hall–Kier alpha value is -3.13. The highest BCUT2D eigenvalue weighted by atomic mass is 32.2. The van der Waals surface area contributed by atoms with E-state index < -0.39 is 45.1 Å². The molecule has 2 amide bonds. The molecule has 10 nitrogen and oxygen atoms in total. The van der Waals surface area contributed by atoms with Crippen LogP contribution in [0.1, 0.15) is 56.1 Å². The van der Waals surface area contributed by atoms with Gasteiger partial charge in [-0.05, 0) is 81.2 Å². The van der Waals surface area contributed by atoms with Gasteiger partial charge in [-0.1, -0.05) is 18.2 Å². The smallest absolute Gasteiger partial charge is 0.407 e. The Kier molecular flexibility index (Phi) is 10.1. The number of carbonyl (C=O) groups excluding carboxylic acids is 1. The zero-order valence-corrected chi connectivity index (χ0v) is 26.5. The number of methoxy groups -OCH3 is 1. The molecule has 1 aliphatic carbocycles. The monoisotopic (exact) mass is 648 g/mol. The van der Waals surface area contributed by atoms with Crippen molar-refractivity contribution in [1.82, 2.24) is 14.5 Å². The van der Waals surface area contributed by atoms with Gasteiger partial charge in [0.05, 0.1) is 11.9 Å². The molecule has 3 aliphatic rings. The standard InChI is InChI=1S/C32H42F2N4O6S/c1-37(31(40)41)29(32(16-14-25(44-2)15-17-32)21-8-10-22(33)11-9-21)30(39)36-28-7-3-6-27(34)26(28)13-12-24-19-35-23-5-4-18-45(42,43)38(24)20-23/h3,6-11,23-25,29,35H,4-5,12-20H2,1-2H3,(H,36,39)(H,40,41)/t23-,24+,25?,29-,32?/m1/s1. The van der Waals surface area contributed by atoms with Crippen LogP contribution in [0.25, 0.3) is 0 Å². The summed E-state index contributed by atoms with van der Waals surface area (Å²) in [6.07, 6.45) is 2.41. The van der Waals surface area contributed by atoms with Gasteiger partial charge in [0.25, 0.3) is 0 Å². The SMILES string of the molecule is COC1CCC(c2ccc(F)cc2)([C@@H](C(=O)Nc2cccc(F)c2CC[C@H]2CN[C@@H]3CCCS(=O)(=O)N2C3)N(C)C(=O)O)CC1. The van der Waals surface area contributed by atoms with Gasteiger partial charge in [0, 0.05) is 56.0 Å². The van der Waals surface area contributed by atoms with Gasteiger partial charge in [0.15, 0.2) is 0 Å². The molecule has 1 saturated carbocycles. The van der Waals surface area contributed by atoms with Crippen molar-refractivity contribution in [2.45, 2.75) is 81.0 Å². The third-order valence-corrected chi connectivity index (χ3v) is 11.9.